The lowest BCUT2D eigenvalue weighted by Gasteiger charge is -2.07. The van der Waals surface area contributed by atoms with Crippen LogP contribution in [0.3, 0.4) is 0 Å². The maximum atomic E-state index is 13.4. The van der Waals surface area contributed by atoms with Gasteiger partial charge in [-0.25, -0.2) is 4.39 Å². The normalized spacial score (nSPS) is 18.0. The van der Waals surface area contributed by atoms with Gasteiger partial charge in [0.1, 0.15) is 18.2 Å². The van der Waals surface area contributed by atoms with Gasteiger partial charge in [-0.3, -0.25) is 4.79 Å². The summed E-state index contributed by atoms with van der Waals surface area (Å²) in [6.45, 7) is 0.887. The Hall–Kier alpha value is -2.86. The molecule has 4 rings (SSSR count). The van der Waals surface area contributed by atoms with Crippen molar-refractivity contribution in [3.05, 3.63) is 58.9 Å². The number of hydrogen-bond acceptors (Lipinski definition) is 4. The molecule has 0 saturated heterocycles. The van der Waals surface area contributed by atoms with Crippen molar-refractivity contribution in [1.29, 1.82) is 0 Å². The van der Waals surface area contributed by atoms with E-state index in [1.807, 2.05) is 18.2 Å². The van der Waals surface area contributed by atoms with Crippen LogP contribution in [0.4, 0.5) is 15.8 Å². The zero-order valence-electron chi connectivity index (χ0n) is 12.7. The molecule has 0 radical (unpaired) electrons. The second-order valence-corrected chi connectivity index (χ2v) is 5.66. The number of carbonyl (C=O) groups is 1. The van der Waals surface area contributed by atoms with E-state index in [9.17, 15) is 9.18 Å². The first-order valence-corrected chi connectivity index (χ1v) is 7.64. The number of ether oxygens (including phenoxy) is 1. The number of aliphatic hydroxyl groups is 1. The topological polar surface area (TPSA) is 70.6 Å². The van der Waals surface area contributed by atoms with Crippen LogP contribution >= 0.6 is 0 Å². The Balaban J connectivity index is 1.78. The highest BCUT2D eigenvalue weighted by atomic mass is 19.1. The Labute approximate surface area is 137 Å². The first-order valence-electron chi connectivity index (χ1n) is 7.64. The molecule has 0 saturated carbocycles. The summed E-state index contributed by atoms with van der Waals surface area (Å²) in [6.07, 6.45) is 0. The van der Waals surface area contributed by atoms with Crippen molar-refractivity contribution < 1.29 is 19.0 Å². The Morgan fingerprint density at radius 1 is 1.21 bits per heavy atom. The van der Waals surface area contributed by atoms with Gasteiger partial charge in [-0.15, -0.1) is 0 Å². The number of carbonyl (C=O) groups excluding carboxylic acids is 1. The summed E-state index contributed by atoms with van der Waals surface area (Å²) in [5.41, 5.74) is 4.24. The standard InChI is InChI=1S/C18H15FN2O3/c19-11-1-3-14-15(8-11)21-18(23)16(14)17-13-4-2-12(20-5-6-22)7-10(13)9-24-17/h1-4,7-8,20,22H,5-6,9H2,(H,21,23)/b17-16+. The number of benzene rings is 2. The molecule has 2 aromatic carbocycles. The Morgan fingerprint density at radius 2 is 2.04 bits per heavy atom. The van der Waals surface area contributed by atoms with Gasteiger partial charge in [0.15, 0.2) is 0 Å². The minimum Gasteiger partial charge on any atom is -0.487 e. The summed E-state index contributed by atoms with van der Waals surface area (Å²) >= 11 is 0. The van der Waals surface area contributed by atoms with Crippen LogP contribution in [0.2, 0.25) is 0 Å². The lowest BCUT2D eigenvalue weighted by Crippen LogP contribution is -2.06. The Kier molecular flexibility index (Phi) is 3.46. The highest BCUT2D eigenvalue weighted by Gasteiger charge is 2.32. The van der Waals surface area contributed by atoms with Crippen molar-refractivity contribution in [1.82, 2.24) is 0 Å². The van der Waals surface area contributed by atoms with Crippen LogP contribution in [0, 0.1) is 5.82 Å². The van der Waals surface area contributed by atoms with Crippen LogP contribution in [-0.4, -0.2) is 24.2 Å². The number of rotatable bonds is 3. The van der Waals surface area contributed by atoms with E-state index in [0.717, 1.165) is 16.8 Å². The molecule has 5 nitrogen and oxygen atoms in total. The first kappa shape index (κ1) is 14.7. The largest absolute Gasteiger partial charge is 0.487 e. The molecule has 0 unspecified atom stereocenters. The van der Waals surface area contributed by atoms with Gasteiger partial charge in [0.25, 0.3) is 5.91 Å². The van der Waals surface area contributed by atoms with Gasteiger partial charge in [0, 0.05) is 28.9 Å². The van der Waals surface area contributed by atoms with Gasteiger partial charge in [-0.1, -0.05) is 0 Å². The lowest BCUT2D eigenvalue weighted by molar-refractivity contribution is -0.110. The molecule has 24 heavy (non-hydrogen) atoms. The number of aliphatic hydroxyl groups excluding tert-OH is 1. The van der Waals surface area contributed by atoms with Crippen molar-refractivity contribution in [2.75, 3.05) is 23.8 Å². The Bertz CT molecular complexity index is 877. The Morgan fingerprint density at radius 3 is 2.88 bits per heavy atom. The van der Waals surface area contributed by atoms with Crippen LogP contribution in [0.15, 0.2) is 36.4 Å². The minimum absolute atomic E-state index is 0.0520. The number of halogens is 1. The van der Waals surface area contributed by atoms with Crippen molar-refractivity contribution in [2.45, 2.75) is 6.61 Å². The van der Waals surface area contributed by atoms with Gasteiger partial charge < -0.3 is 20.5 Å². The summed E-state index contributed by atoms with van der Waals surface area (Å²) in [7, 11) is 0. The highest BCUT2D eigenvalue weighted by molar-refractivity contribution is 6.36. The smallest absolute Gasteiger partial charge is 0.260 e. The zero-order valence-corrected chi connectivity index (χ0v) is 12.7. The second-order valence-electron chi connectivity index (χ2n) is 5.66. The maximum Gasteiger partial charge on any atom is 0.260 e. The summed E-state index contributed by atoms with van der Waals surface area (Å²) in [4.78, 5) is 12.3. The highest BCUT2D eigenvalue weighted by Crippen LogP contribution is 2.42. The van der Waals surface area contributed by atoms with Gasteiger partial charge >= 0.3 is 0 Å². The van der Waals surface area contributed by atoms with Crippen LogP contribution in [0.5, 0.6) is 0 Å². The predicted molar refractivity (Wildman–Crippen MR) is 88.7 cm³/mol. The van der Waals surface area contributed by atoms with Crippen molar-refractivity contribution in [3.63, 3.8) is 0 Å². The summed E-state index contributed by atoms with van der Waals surface area (Å²) in [5, 5.41) is 14.7. The van der Waals surface area contributed by atoms with Crippen molar-refractivity contribution in [3.8, 4) is 0 Å². The first-order chi connectivity index (χ1) is 11.7. The van der Waals surface area contributed by atoms with E-state index in [4.69, 9.17) is 9.84 Å². The van der Waals surface area contributed by atoms with E-state index < -0.39 is 5.82 Å². The van der Waals surface area contributed by atoms with Crippen LogP contribution in [-0.2, 0) is 16.1 Å². The number of fused-ring (bicyclic) bond motifs is 2. The molecule has 0 fully saturated rings. The molecule has 122 valence electrons. The number of amides is 1. The molecule has 0 aliphatic carbocycles. The number of hydrogen-bond donors (Lipinski definition) is 3. The summed E-state index contributed by atoms with van der Waals surface area (Å²) in [6, 6.07) is 9.93. The van der Waals surface area contributed by atoms with Crippen LogP contribution in [0.1, 0.15) is 16.7 Å². The molecule has 0 aromatic heterocycles. The number of nitrogens with one attached hydrogen (secondary N) is 2. The molecule has 0 spiro atoms. The van der Waals surface area contributed by atoms with Gasteiger partial charge in [0.2, 0.25) is 0 Å². The molecule has 0 atom stereocenters. The zero-order chi connectivity index (χ0) is 16.7. The van der Waals surface area contributed by atoms with E-state index >= 15 is 0 Å². The average Bonchev–Trinajstić information content (AvgIpc) is 3.11. The molecule has 3 N–H and O–H groups in total. The van der Waals surface area contributed by atoms with Gasteiger partial charge in [-0.05, 0) is 36.4 Å². The van der Waals surface area contributed by atoms with E-state index in [0.29, 0.717) is 35.7 Å². The van der Waals surface area contributed by atoms with E-state index in [1.165, 1.54) is 12.1 Å². The molecule has 2 aromatic rings. The van der Waals surface area contributed by atoms with E-state index in [2.05, 4.69) is 10.6 Å². The molecule has 1 amide bonds. The molecule has 6 heteroatoms. The summed E-state index contributed by atoms with van der Waals surface area (Å²) in [5.74, 6) is -0.171. The molecule has 2 heterocycles. The van der Waals surface area contributed by atoms with Gasteiger partial charge in [-0.2, -0.15) is 0 Å². The van der Waals surface area contributed by atoms with Gasteiger partial charge in [0.05, 0.1) is 17.9 Å². The van der Waals surface area contributed by atoms with Crippen molar-refractivity contribution in [2.24, 2.45) is 0 Å². The third-order valence-corrected chi connectivity index (χ3v) is 4.12. The average molecular weight is 326 g/mol. The van der Waals surface area contributed by atoms with Crippen LogP contribution in [0.25, 0.3) is 11.3 Å². The third kappa shape index (κ3) is 2.32. The fraction of sp³-hybridized carbons (Fsp3) is 0.167. The maximum absolute atomic E-state index is 13.4. The second kappa shape index (κ2) is 5.65. The van der Waals surface area contributed by atoms with E-state index in [1.54, 1.807) is 6.07 Å². The quantitative estimate of drug-likeness (QED) is 0.758. The van der Waals surface area contributed by atoms with Crippen LogP contribution < -0.4 is 10.6 Å². The minimum atomic E-state index is -0.396. The molecule has 2 aliphatic rings. The SMILES string of the molecule is O=C1Nc2cc(F)ccc2/C1=C1\OCc2cc(NCCO)ccc21. The van der Waals surface area contributed by atoms with E-state index in [-0.39, 0.29) is 12.5 Å². The van der Waals surface area contributed by atoms with Crippen molar-refractivity contribution >= 4 is 28.6 Å². The molecular formula is C18H15FN2O3. The fourth-order valence-corrected chi connectivity index (χ4v) is 3.05. The fourth-order valence-electron chi connectivity index (χ4n) is 3.05. The molecular weight excluding hydrogens is 311 g/mol. The third-order valence-electron chi connectivity index (χ3n) is 4.12. The monoisotopic (exact) mass is 326 g/mol. The predicted octanol–water partition coefficient (Wildman–Crippen LogP) is 2.58. The molecule has 2 aliphatic heterocycles. The number of anilines is 2. The summed E-state index contributed by atoms with van der Waals surface area (Å²) < 4.78 is 19.1. The molecule has 0 bridgehead atoms. The lowest BCUT2D eigenvalue weighted by atomic mass is 10.00.